The predicted molar refractivity (Wildman–Crippen MR) is 120 cm³/mol. The minimum atomic E-state index is 0.114. The van der Waals surface area contributed by atoms with Gasteiger partial charge in [0.25, 0.3) is 5.91 Å². The summed E-state index contributed by atoms with van der Waals surface area (Å²) in [6.07, 6.45) is 10.7. The zero-order valence-corrected chi connectivity index (χ0v) is 17.8. The fourth-order valence-electron chi connectivity index (χ4n) is 5.52. The van der Waals surface area contributed by atoms with Gasteiger partial charge in [0.15, 0.2) is 0 Å². The SMILES string of the molecule is CC1CCCN1CCc1ccc(C2=CCC3CN(C(=O)c4cccnc4)CC23)cc1. The first-order valence-electron chi connectivity index (χ1n) is 11.4. The van der Waals surface area contributed by atoms with Crippen LogP contribution in [0.4, 0.5) is 0 Å². The number of rotatable bonds is 5. The third kappa shape index (κ3) is 3.81. The number of amides is 1. The highest BCUT2D eigenvalue weighted by molar-refractivity contribution is 5.94. The van der Waals surface area contributed by atoms with Crippen LogP contribution in [0, 0.1) is 11.8 Å². The number of carbonyl (C=O) groups is 1. The molecule has 2 fully saturated rings. The van der Waals surface area contributed by atoms with Gasteiger partial charge in [0.05, 0.1) is 5.56 Å². The van der Waals surface area contributed by atoms with E-state index in [9.17, 15) is 4.79 Å². The Labute approximate surface area is 179 Å². The number of pyridine rings is 1. The molecule has 5 rings (SSSR count). The molecule has 1 aliphatic carbocycles. The Morgan fingerprint density at radius 3 is 2.77 bits per heavy atom. The van der Waals surface area contributed by atoms with Gasteiger partial charge in [-0.05, 0) is 73.9 Å². The largest absolute Gasteiger partial charge is 0.338 e. The lowest BCUT2D eigenvalue weighted by Gasteiger charge is -2.21. The molecule has 3 unspecified atom stereocenters. The second-order valence-corrected chi connectivity index (χ2v) is 9.19. The molecule has 1 amide bonds. The number of fused-ring (bicyclic) bond motifs is 1. The van der Waals surface area contributed by atoms with E-state index in [0.29, 0.717) is 17.4 Å². The smallest absolute Gasteiger partial charge is 0.255 e. The molecule has 0 bridgehead atoms. The highest BCUT2D eigenvalue weighted by Crippen LogP contribution is 2.43. The molecule has 3 heterocycles. The van der Waals surface area contributed by atoms with Crippen molar-refractivity contribution in [3.05, 3.63) is 71.6 Å². The van der Waals surface area contributed by atoms with Crippen molar-refractivity contribution in [2.24, 2.45) is 11.8 Å². The summed E-state index contributed by atoms with van der Waals surface area (Å²) < 4.78 is 0. The first-order chi connectivity index (χ1) is 14.7. The molecule has 4 heteroatoms. The van der Waals surface area contributed by atoms with Crippen LogP contribution in [0.1, 0.15) is 47.7 Å². The molecule has 3 aliphatic rings. The molecule has 0 radical (unpaired) electrons. The van der Waals surface area contributed by atoms with Crippen LogP contribution in [0.15, 0.2) is 54.9 Å². The van der Waals surface area contributed by atoms with Gasteiger partial charge in [-0.2, -0.15) is 0 Å². The van der Waals surface area contributed by atoms with Crippen molar-refractivity contribution in [1.29, 1.82) is 0 Å². The van der Waals surface area contributed by atoms with Crippen molar-refractivity contribution < 1.29 is 4.79 Å². The Morgan fingerprint density at radius 2 is 2.03 bits per heavy atom. The fourth-order valence-corrected chi connectivity index (χ4v) is 5.52. The lowest BCUT2D eigenvalue weighted by molar-refractivity contribution is 0.0784. The molecular weight excluding hydrogens is 370 g/mol. The lowest BCUT2D eigenvalue weighted by Crippen LogP contribution is -2.29. The summed E-state index contributed by atoms with van der Waals surface area (Å²) >= 11 is 0. The van der Waals surface area contributed by atoms with E-state index >= 15 is 0 Å². The summed E-state index contributed by atoms with van der Waals surface area (Å²) in [6, 6.07) is 13.6. The summed E-state index contributed by atoms with van der Waals surface area (Å²) in [7, 11) is 0. The van der Waals surface area contributed by atoms with Crippen LogP contribution < -0.4 is 0 Å². The van der Waals surface area contributed by atoms with E-state index in [-0.39, 0.29) is 5.91 Å². The van der Waals surface area contributed by atoms with E-state index in [0.717, 1.165) is 32.0 Å². The van der Waals surface area contributed by atoms with E-state index in [1.807, 2.05) is 17.0 Å². The van der Waals surface area contributed by atoms with Gasteiger partial charge in [0.2, 0.25) is 0 Å². The highest BCUT2D eigenvalue weighted by Gasteiger charge is 2.40. The molecule has 0 N–H and O–H groups in total. The van der Waals surface area contributed by atoms with Gasteiger partial charge in [0.1, 0.15) is 0 Å². The number of hydrogen-bond acceptors (Lipinski definition) is 3. The number of benzene rings is 1. The van der Waals surface area contributed by atoms with Crippen molar-refractivity contribution in [2.75, 3.05) is 26.2 Å². The number of aromatic nitrogens is 1. The maximum atomic E-state index is 12.8. The Kier molecular flexibility index (Phi) is 5.43. The standard InChI is InChI=1S/C26H31N3O/c1-19-4-3-14-28(19)15-12-20-6-8-21(9-7-20)24-11-10-23-17-29(18-25(23)24)26(30)22-5-2-13-27-16-22/h2,5-9,11,13,16,19,23,25H,3-4,10,12,14-15,17-18H2,1H3. The Bertz CT molecular complexity index is 921. The molecule has 3 atom stereocenters. The molecule has 1 aromatic carbocycles. The number of nitrogens with zero attached hydrogens (tertiary/aromatic N) is 3. The van der Waals surface area contributed by atoms with Crippen LogP contribution >= 0.6 is 0 Å². The summed E-state index contributed by atoms with van der Waals surface area (Å²) in [5.74, 6) is 1.13. The molecule has 1 aromatic heterocycles. The van der Waals surface area contributed by atoms with Gasteiger partial charge < -0.3 is 9.80 Å². The normalized spacial score (nSPS) is 26.1. The fraction of sp³-hybridized carbons (Fsp3) is 0.462. The van der Waals surface area contributed by atoms with Crippen LogP contribution in [0.2, 0.25) is 0 Å². The minimum Gasteiger partial charge on any atom is -0.338 e. The monoisotopic (exact) mass is 401 g/mol. The van der Waals surface area contributed by atoms with Crippen molar-refractivity contribution in [2.45, 2.75) is 38.6 Å². The third-order valence-corrected chi connectivity index (χ3v) is 7.34. The lowest BCUT2D eigenvalue weighted by atomic mass is 9.90. The predicted octanol–water partition coefficient (Wildman–Crippen LogP) is 4.28. The molecule has 2 saturated heterocycles. The molecule has 156 valence electrons. The maximum absolute atomic E-state index is 12.8. The average molecular weight is 402 g/mol. The average Bonchev–Trinajstić information content (AvgIpc) is 3.49. The first kappa shape index (κ1) is 19.5. The van der Waals surface area contributed by atoms with Gasteiger partial charge in [-0.15, -0.1) is 0 Å². The zero-order chi connectivity index (χ0) is 20.5. The van der Waals surface area contributed by atoms with Crippen molar-refractivity contribution >= 4 is 11.5 Å². The number of allylic oxidation sites excluding steroid dienone is 1. The Balaban J connectivity index is 1.22. The number of hydrogen-bond donors (Lipinski definition) is 0. The van der Waals surface area contributed by atoms with Crippen LogP contribution in [0.5, 0.6) is 0 Å². The third-order valence-electron chi connectivity index (χ3n) is 7.34. The van der Waals surface area contributed by atoms with Gasteiger partial charge in [0, 0.05) is 44.0 Å². The van der Waals surface area contributed by atoms with E-state index in [1.165, 1.54) is 42.6 Å². The molecule has 4 nitrogen and oxygen atoms in total. The molecule has 0 spiro atoms. The second kappa shape index (κ2) is 8.35. The minimum absolute atomic E-state index is 0.114. The number of carbonyl (C=O) groups excluding carboxylic acids is 1. The summed E-state index contributed by atoms with van der Waals surface area (Å²) in [5.41, 5.74) is 4.88. The molecule has 30 heavy (non-hydrogen) atoms. The van der Waals surface area contributed by atoms with E-state index < -0.39 is 0 Å². The van der Waals surface area contributed by atoms with Crippen LogP contribution in [-0.2, 0) is 6.42 Å². The highest BCUT2D eigenvalue weighted by atomic mass is 16.2. The quantitative estimate of drug-likeness (QED) is 0.750. The number of likely N-dealkylation sites (tertiary alicyclic amines) is 2. The van der Waals surface area contributed by atoms with Crippen molar-refractivity contribution in [3.63, 3.8) is 0 Å². The molecular formula is C26H31N3O. The van der Waals surface area contributed by atoms with Gasteiger partial charge >= 0.3 is 0 Å². The molecule has 0 saturated carbocycles. The first-order valence-corrected chi connectivity index (χ1v) is 11.4. The van der Waals surface area contributed by atoms with Crippen LogP contribution in [0.25, 0.3) is 5.57 Å². The topological polar surface area (TPSA) is 36.4 Å². The summed E-state index contributed by atoms with van der Waals surface area (Å²) in [4.78, 5) is 21.6. The maximum Gasteiger partial charge on any atom is 0.255 e. The second-order valence-electron chi connectivity index (χ2n) is 9.19. The van der Waals surface area contributed by atoms with Gasteiger partial charge in [-0.3, -0.25) is 9.78 Å². The van der Waals surface area contributed by atoms with E-state index in [1.54, 1.807) is 12.4 Å². The van der Waals surface area contributed by atoms with E-state index in [4.69, 9.17) is 0 Å². The summed E-state index contributed by atoms with van der Waals surface area (Å²) in [5, 5.41) is 0. The zero-order valence-electron chi connectivity index (χ0n) is 17.8. The van der Waals surface area contributed by atoms with Gasteiger partial charge in [-0.1, -0.05) is 30.3 Å². The van der Waals surface area contributed by atoms with Crippen LogP contribution in [0.3, 0.4) is 0 Å². The van der Waals surface area contributed by atoms with Gasteiger partial charge in [-0.25, -0.2) is 0 Å². The van der Waals surface area contributed by atoms with E-state index in [2.05, 4.69) is 47.1 Å². The summed E-state index contributed by atoms with van der Waals surface area (Å²) in [6.45, 7) is 6.44. The molecule has 2 aromatic rings. The van der Waals surface area contributed by atoms with Crippen molar-refractivity contribution in [1.82, 2.24) is 14.8 Å². The Hall–Kier alpha value is -2.46. The molecule has 2 aliphatic heterocycles. The van der Waals surface area contributed by atoms with Crippen molar-refractivity contribution in [3.8, 4) is 0 Å². The van der Waals surface area contributed by atoms with Crippen LogP contribution in [-0.4, -0.2) is 52.9 Å². The Morgan fingerprint density at radius 1 is 1.17 bits per heavy atom.